The van der Waals surface area contributed by atoms with Crippen molar-refractivity contribution in [2.24, 2.45) is 0 Å². The zero-order valence-corrected chi connectivity index (χ0v) is 13.5. The van der Waals surface area contributed by atoms with E-state index >= 15 is 0 Å². The Morgan fingerprint density at radius 2 is 1.00 bits per heavy atom. The summed E-state index contributed by atoms with van der Waals surface area (Å²) in [6.07, 6.45) is 0. The number of rotatable bonds is 3. The summed E-state index contributed by atoms with van der Waals surface area (Å²) in [7, 11) is 5.96. The van der Waals surface area contributed by atoms with Crippen molar-refractivity contribution in [2.45, 2.75) is 0 Å². The van der Waals surface area contributed by atoms with Crippen LogP contribution < -0.4 is 5.72 Å². The van der Waals surface area contributed by atoms with Crippen LogP contribution in [-0.2, 0) is 0 Å². The molecule has 0 saturated carbocycles. The predicted octanol–water partition coefficient (Wildman–Crippen LogP) is 3.67. The SMILES string of the molecule is [B]c1nc(-c2ccccc2)nc(-c2ccccc2-c2ccccc2)n1. The van der Waals surface area contributed by atoms with E-state index in [0.29, 0.717) is 11.6 Å². The molecular weight excluding hydrogens is 305 g/mol. The third-order valence-electron chi connectivity index (χ3n) is 3.94. The summed E-state index contributed by atoms with van der Waals surface area (Å²) in [5.74, 6) is 1.15. The predicted molar refractivity (Wildman–Crippen MR) is 102 cm³/mol. The van der Waals surface area contributed by atoms with Crippen LogP contribution in [0.2, 0.25) is 0 Å². The molecule has 0 saturated heterocycles. The maximum absolute atomic E-state index is 5.96. The highest BCUT2D eigenvalue weighted by Crippen LogP contribution is 2.30. The maximum atomic E-state index is 5.96. The van der Waals surface area contributed by atoms with Gasteiger partial charge in [0, 0.05) is 11.1 Å². The molecule has 1 aromatic heterocycles. The van der Waals surface area contributed by atoms with Crippen molar-refractivity contribution in [3.05, 3.63) is 84.9 Å². The van der Waals surface area contributed by atoms with E-state index in [1.54, 1.807) is 0 Å². The summed E-state index contributed by atoms with van der Waals surface area (Å²) in [5.41, 5.74) is 4.23. The number of benzene rings is 3. The standard InChI is InChI=1S/C21H14BN3/c22-21-24-19(16-11-5-2-6-12-16)23-20(25-21)18-14-8-7-13-17(18)15-9-3-1-4-10-15/h1-14H. The largest absolute Gasteiger partial charge is 0.225 e. The third-order valence-corrected chi connectivity index (χ3v) is 3.94. The Kier molecular flexibility index (Phi) is 4.09. The molecule has 0 N–H and O–H groups in total. The first-order chi connectivity index (χ1) is 12.3. The van der Waals surface area contributed by atoms with Crippen molar-refractivity contribution in [3.63, 3.8) is 0 Å². The minimum absolute atomic E-state index is 0.215. The summed E-state index contributed by atoms with van der Waals surface area (Å²) in [6, 6.07) is 28.0. The van der Waals surface area contributed by atoms with E-state index in [1.165, 1.54) is 0 Å². The zero-order valence-electron chi connectivity index (χ0n) is 13.5. The first-order valence-corrected chi connectivity index (χ1v) is 8.03. The molecule has 0 atom stereocenters. The van der Waals surface area contributed by atoms with Crippen molar-refractivity contribution in [1.29, 1.82) is 0 Å². The second-order valence-corrected chi connectivity index (χ2v) is 5.62. The number of aromatic nitrogens is 3. The minimum Gasteiger partial charge on any atom is -0.225 e. The van der Waals surface area contributed by atoms with Gasteiger partial charge in [-0.2, -0.15) is 0 Å². The van der Waals surface area contributed by atoms with Crippen molar-refractivity contribution in [3.8, 4) is 33.9 Å². The van der Waals surface area contributed by atoms with Crippen LogP contribution in [0.1, 0.15) is 0 Å². The first kappa shape index (κ1) is 15.3. The molecule has 4 heteroatoms. The molecule has 0 aliphatic heterocycles. The summed E-state index contributed by atoms with van der Waals surface area (Å²) in [5, 5.41) is 0. The number of hydrogen-bond donors (Lipinski definition) is 0. The van der Waals surface area contributed by atoms with E-state index < -0.39 is 0 Å². The van der Waals surface area contributed by atoms with Crippen LogP contribution in [0.5, 0.6) is 0 Å². The average molecular weight is 319 g/mol. The van der Waals surface area contributed by atoms with Crippen molar-refractivity contribution in [2.75, 3.05) is 0 Å². The Labute approximate surface area is 147 Å². The molecule has 4 aromatic rings. The highest BCUT2D eigenvalue weighted by Gasteiger charge is 2.12. The van der Waals surface area contributed by atoms with E-state index in [9.17, 15) is 0 Å². The van der Waals surface area contributed by atoms with Gasteiger partial charge in [0.05, 0.1) is 5.72 Å². The fourth-order valence-electron chi connectivity index (χ4n) is 2.78. The van der Waals surface area contributed by atoms with Gasteiger partial charge in [-0.25, -0.2) is 15.0 Å². The van der Waals surface area contributed by atoms with Crippen LogP contribution in [0.3, 0.4) is 0 Å². The van der Waals surface area contributed by atoms with Crippen LogP contribution in [0.25, 0.3) is 33.9 Å². The normalized spacial score (nSPS) is 10.6. The Morgan fingerprint density at radius 3 is 1.68 bits per heavy atom. The van der Waals surface area contributed by atoms with Crippen LogP contribution >= 0.6 is 0 Å². The van der Waals surface area contributed by atoms with Crippen LogP contribution in [0.4, 0.5) is 0 Å². The Bertz CT molecular complexity index is 1000. The lowest BCUT2D eigenvalue weighted by atomic mass is 9.99. The lowest BCUT2D eigenvalue weighted by Gasteiger charge is -2.10. The molecule has 116 valence electrons. The molecule has 1 heterocycles. The third kappa shape index (κ3) is 3.19. The molecule has 0 spiro atoms. The zero-order chi connectivity index (χ0) is 17.1. The first-order valence-electron chi connectivity index (χ1n) is 8.03. The summed E-state index contributed by atoms with van der Waals surface area (Å²) < 4.78 is 0. The Balaban J connectivity index is 1.88. The van der Waals surface area contributed by atoms with E-state index in [-0.39, 0.29) is 5.72 Å². The van der Waals surface area contributed by atoms with Crippen molar-refractivity contribution >= 4 is 13.6 Å². The molecule has 0 aliphatic rings. The molecule has 0 fully saturated rings. The molecule has 0 unspecified atom stereocenters. The topological polar surface area (TPSA) is 38.7 Å². The molecule has 3 aromatic carbocycles. The van der Waals surface area contributed by atoms with Gasteiger partial charge in [0.2, 0.25) is 0 Å². The molecule has 0 aliphatic carbocycles. The van der Waals surface area contributed by atoms with Crippen molar-refractivity contribution in [1.82, 2.24) is 15.0 Å². The second-order valence-electron chi connectivity index (χ2n) is 5.62. The van der Waals surface area contributed by atoms with Crippen LogP contribution in [-0.4, -0.2) is 22.8 Å². The Morgan fingerprint density at radius 1 is 0.480 bits per heavy atom. The molecule has 0 bridgehead atoms. The summed E-state index contributed by atoms with van der Waals surface area (Å²) in [6.45, 7) is 0. The molecule has 2 radical (unpaired) electrons. The monoisotopic (exact) mass is 319 g/mol. The second kappa shape index (κ2) is 6.69. The molecule has 3 nitrogen and oxygen atoms in total. The van der Waals surface area contributed by atoms with Crippen molar-refractivity contribution < 1.29 is 0 Å². The smallest absolute Gasteiger partial charge is 0.170 e. The van der Waals surface area contributed by atoms with Gasteiger partial charge in [0.1, 0.15) is 0 Å². The lowest BCUT2D eigenvalue weighted by molar-refractivity contribution is 1.11. The molecule has 0 amide bonds. The molecule has 25 heavy (non-hydrogen) atoms. The van der Waals surface area contributed by atoms with E-state index in [4.69, 9.17) is 7.85 Å². The summed E-state index contributed by atoms with van der Waals surface area (Å²) in [4.78, 5) is 13.3. The van der Waals surface area contributed by atoms with Gasteiger partial charge in [0.25, 0.3) is 0 Å². The fraction of sp³-hybridized carbons (Fsp3) is 0. The average Bonchev–Trinajstić information content (AvgIpc) is 2.69. The van der Waals surface area contributed by atoms with Gasteiger partial charge in [0.15, 0.2) is 19.5 Å². The number of hydrogen-bond acceptors (Lipinski definition) is 3. The van der Waals surface area contributed by atoms with Gasteiger partial charge in [-0.3, -0.25) is 0 Å². The summed E-state index contributed by atoms with van der Waals surface area (Å²) >= 11 is 0. The van der Waals surface area contributed by atoms with Gasteiger partial charge in [-0.05, 0) is 11.1 Å². The van der Waals surface area contributed by atoms with E-state index in [0.717, 1.165) is 22.3 Å². The van der Waals surface area contributed by atoms with Crippen LogP contribution in [0, 0.1) is 0 Å². The fourth-order valence-corrected chi connectivity index (χ4v) is 2.78. The minimum atomic E-state index is 0.215. The van der Waals surface area contributed by atoms with E-state index in [2.05, 4.69) is 33.2 Å². The van der Waals surface area contributed by atoms with Gasteiger partial charge < -0.3 is 0 Å². The lowest BCUT2D eigenvalue weighted by Crippen LogP contribution is -2.17. The highest BCUT2D eigenvalue weighted by atomic mass is 15.0. The van der Waals surface area contributed by atoms with Gasteiger partial charge in [-0.1, -0.05) is 84.9 Å². The molecule has 4 rings (SSSR count). The van der Waals surface area contributed by atoms with Gasteiger partial charge in [-0.15, -0.1) is 0 Å². The highest BCUT2D eigenvalue weighted by molar-refractivity contribution is 6.29. The molecular formula is C21H14BN3. The maximum Gasteiger partial charge on any atom is 0.170 e. The van der Waals surface area contributed by atoms with Gasteiger partial charge >= 0.3 is 0 Å². The quantitative estimate of drug-likeness (QED) is 0.541. The Hall–Kier alpha value is -3.27. The van der Waals surface area contributed by atoms with Crippen LogP contribution in [0.15, 0.2) is 84.9 Å². The number of nitrogens with zero attached hydrogens (tertiary/aromatic N) is 3. The van der Waals surface area contributed by atoms with E-state index in [1.807, 2.05) is 66.7 Å².